The number of methoxy groups -OCH3 is 2. The van der Waals surface area contributed by atoms with E-state index >= 15 is 0 Å². The summed E-state index contributed by atoms with van der Waals surface area (Å²) in [4.78, 5) is 40.9. The van der Waals surface area contributed by atoms with E-state index in [4.69, 9.17) is 10.8 Å². The number of hydrogen-bond donors (Lipinski definition) is 1. The van der Waals surface area contributed by atoms with Gasteiger partial charge in [-0.15, -0.1) is 0 Å². The van der Waals surface area contributed by atoms with Crippen LogP contribution >= 0.6 is 0 Å². The Balaban J connectivity index is 2.28. The van der Waals surface area contributed by atoms with Gasteiger partial charge in [-0.25, -0.2) is 4.98 Å². The van der Waals surface area contributed by atoms with Crippen molar-refractivity contribution in [1.82, 2.24) is 14.9 Å². The lowest BCUT2D eigenvalue weighted by molar-refractivity contribution is -0.135. The van der Waals surface area contributed by atoms with Gasteiger partial charge in [0.25, 0.3) is 5.56 Å². The van der Waals surface area contributed by atoms with E-state index in [0.29, 0.717) is 17.0 Å². The maximum Gasteiger partial charge on any atom is 0.262 e. The van der Waals surface area contributed by atoms with Crippen LogP contribution in [0, 0.1) is 6.92 Å². The van der Waals surface area contributed by atoms with Gasteiger partial charge in [0.05, 0.1) is 26.5 Å². The van der Waals surface area contributed by atoms with Crippen molar-refractivity contribution in [2.24, 2.45) is 0 Å². The van der Waals surface area contributed by atoms with Crippen LogP contribution < -0.4 is 20.3 Å². The Morgan fingerprint density at radius 2 is 1.92 bits per heavy atom. The van der Waals surface area contributed by atoms with Crippen LogP contribution in [0.25, 0.3) is 10.9 Å². The number of fused-ring (bicyclic) bond motifs is 1. The molecule has 8 nitrogen and oxygen atoms in total. The molecule has 0 unspecified atom stereocenters. The first-order valence-corrected chi connectivity index (χ1v) is 7.32. The van der Waals surface area contributed by atoms with Gasteiger partial charge < -0.3 is 9.47 Å². The van der Waals surface area contributed by atoms with Gasteiger partial charge in [-0.1, -0.05) is 0 Å². The monoisotopic (exact) mass is 332 g/mol. The molecule has 1 fully saturated rings. The zero-order valence-electron chi connectivity index (χ0n) is 14.5. The molecular weight excluding hydrogens is 314 g/mol. The van der Waals surface area contributed by atoms with Crippen LogP contribution in [0.5, 0.6) is 11.5 Å². The number of imide groups is 1. The first-order valence-electron chi connectivity index (χ1n) is 7.82. The zero-order chi connectivity index (χ0) is 18.4. The fraction of sp³-hybridized carbons (Fsp3) is 0.375. The van der Waals surface area contributed by atoms with Gasteiger partial charge in [-0.05, 0) is 19.4 Å². The number of carbonyl (C=O) groups is 2. The minimum Gasteiger partial charge on any atom is -0.493 e. The molecule has 1 N–H and O–H groups in total. The SMILES string of the molecule is [2H][C@]1(n2c(C)nc3cc(OC)c(OC)cc3c2=O)CCC(=O)NC1=O. The minimum atomic E-state index is -1.93. The molecule has 0 radical (unpaired) electrons. The van der Waals surface area contributed by atoms with E-state index in [9.17, 15) is 14.4 Å². The van der Waals surface area contributed by atoms with Crippen molar-refractivity contribution in [3.05, 3.63) is 28.3 Å². The Kier molecular flexibility index (Phi) is 3.64. The van der Waals surface area contributed by atoms with Gasteiger partial charge in [0.2, 0.25) is 11.8 Å². The number of rotatable bonds is 3. The molecule has 8 heteroatoms. The first-order chi connectivity index (χ1) is 11.8. The average Bonchev–Trinajstić information content (AvgIpc) is 2.57. The van der Waals surface area contributed by atoms with Crippen LogP contribution in [0.4, 0.5) is 0 Å². The standard InChI is InChI=1S/C16H17N3O5/c1-8-17-10-7-13(24-3)12(23-2)6-9(10)16(22)19(8)11-4-5-14(20)18-15(11)21/h6-7,11H,4-5H2,1-3H3,(H,18,20,21)/t11-/m0/s1/i11D. The number of benzene rings is 1. The third-order valence-electron chi connectivity index (χ3n) is 3.92. The highest BCUT2D eigenvalue weighted by Gasteiger charge is 2.30. The molecule has 3 rings (SSSR count). The van der Waals surface area contributed by atoms with Crippen molar-refractivity contribution in [3.63, 3.8) is 0 Å². The molecule has 1 aliphatic rings. The molecule has 0 bridgehead atoms. The van der Waals surface area contributed by atoms with Crippen LogP contribution in [-0.4, -0.2) is 35.6 Å². The van der Waals surface area contributed by atoms with E-state index in [2.05, 4.69) is 10.3 Å². The number of aromatic nitrogens is 2. The Labute approximate surface area is 138 Å². The van der Waals surface area contributed by atoms with Crippen molar-refractivity contribution >= 4 is 22.7 Å². The van der Waals surface area contributed by atoms with Gasteiger partial charge in [-0.3, -0.25) is 24.3 Å². The summed E-state index contributed by atoms with van der Waals surface area (Å²) in [5, 5.41) is 2.31. The Bertz CT molecular complexity index is 955. The van der Waals surface area contributed by atoms with Gasteiger partial charge >= 0.3 is 0 Å². The minimum absolute atomic E-state index is 0.0227. The summed E-state index contributed by atoms with van der Waals surface area (Å²) in [5.41, 5.74) is -0.185. The molecule has 2 amide bonds. The number of ether oxygens (including phenoxy) is 2. The van der Waals surface area contributed by atoms with Gasteiger partial charge in [0.1, 0.15) is 11.8 Å². The number of nitrogens with zero attached hydrogens (tertiary/aromatic N) is 2. The normalized spacial score (nSPS) is 21.4. The molecule has 126 valence electrons. The molecule has 1 saturated heterocycles. The average molecular weight is 332 g/mol. The maximum atomic E-state index is 13.0. The van der Waals surface area contributed by atoms with Crippen molar-refractivity contribution in [1.29, 1.82) is 0 Å². The van der Waals surface area contributed by atoms with E-state index < -0.39 is 23.4 Å². The first kappa shape index (κ1) is 14.7. The lowest BCUT2D eigenvalue weighted by Gasteiger charge is -2.24. The Hall–Kier alpha value is -2.90. The zero-order valence-corrected chi connectivity index (χ0v) is 13.5. The van der Waals surface area contributed by atoms with E-state index in [-0.39, 0.29) is 24.1 Å². The molecule has 1 atom stereocenters. The largest absolute Gasteiger partial charge is 0.493 e. The van der Waals surface area contributed by atoms with Crippen LogP contribution in [0.1, 0.15) is 26.1 Å². The van der Waals surface area contributed by atoms with Crippen LogP contribution in [0.3, 0.4) is 0 Å². The maximum absolute atomic E-state index is 13.0. The highest BCUT2D eigenvalue weighted by molar-refractivity contribution is 5.99. The molecule has 1 aromatic carbocycles. The molecule has 2 aromatic rings. The molecular formula is C16H17N3O5. The number of aryl methyl sites for hydroxylation is 1. The topological polar surface area (TPSA) is 99.5 Å². The fourth-order valence-corrected chi connectivity index (χ4v) is 2.76. The fourth-order valence-electron chi connectivity index (χ4n) is 2.76. The summed E-state index contributed by atoms with van der Waals surface area (Å²) in [6.45, 7) is 1.54. The second kappa shape index (κ2) is 5.95. The van der Waals surface area contributed by atoms with Gasteiger partial charge in [-0.2, -0.15) is 0 Å². The smallest absolute Gasteiger partial charge is 0.262 e. The molecule has 24 heavy (non-hydrogen) atoms. The van der Waals surface area contributed by atoms with Crippen LogP contribution in [-0.2, 0) is 9.59 Å². The molecule has 1 aromatic heterocycles. The summed E-state index contributed by atoms with van der Waals surface area (Å²) in [7, 11) is 2.91. The van der Waals surface area contributed by atoms with Crippen molar-refractivity contribution in [3.8, 4) is 11.5 Å². The number of piperidine rings is 1. The number of hydrogen-bond acceptors (Lipinski definition) is 6. The predicted molar refractivity (Wildman–Crippen MR) is 85.3 cm³/mol. The number of nitrogens with one attached hydrogen (secondary N) is 1. The number of amides is 2. The lowest BCUT2D eigenvalue weighted by atomic mass is 10.1. The third kappa shape index (κ3) is 2.49. The van der Waals surface area contributed by atoms with Crippen LogP contribution in [0.2, 0.25) is 0 Å². The molecule has 0 aliphatic carbocycles. The summed E-state index contributed by atoms with van der Waals surface area (Å²) >= 11 is 0. The summed E-state index contributed by atoms with van der Waals surface area (Å²) in [5.74, 6) is -0.342. The quantitative estimate of drug-likeness (QED) is 0.831. The molecule has 2 heterocycles. The van der Waals surface area contributed by atoms with Gasteiger partial charge in [0.15, 0.2) is 11.5 Å². The molecule has 0 saturated carbocycles. The summed E-state index contributed by atoms with van der Waals surface area (Å²) < 4.78 is 19.9. The van der Waals surface area contributed by atoms with Crippen LogP contribution in [0.15, 0.2) is 16.9 Å². The Morgan fingerprint density at radius 3 is 2.54 bits per heavy atom. The second-order valence-corrected chi connectivity index (χ2v) is 5.35. The van der Waals surface area contributed by atoms with Crippen molar-refractivity contribution in [2.75, 3.05) is 14.2 Å². The number of carbonyl (C=O) groups excluding carboxylic acids is 2. The summed E-state index contributed by atoms with van der Waals surface area (Å²) in [6, 6.07) is 1.10. The van der Waals surface area contributed by atoms with E-state index in [1.807, 2.05) is 0 Å². The van der Waals surface area contributed by atoms with E-state index in [0.717, 1.165) is 4.57 Å². The van der Waals surface area contributed by atoms with E-state index in [1.165, 1.54) is 27.2 Å². The highest BCUT2D eigenvalue weighted by atomic mass is 16.5. The van der Waals surface area contributed by atoms with E-state index in [1.54, 1.807) is 6.07 Å². The molecule has 0 spiro atoms. The third-order valence-corrected chi connectivity index (χ3v) is 3.92. The second-order valence-electron chi connectivity index (χ2n) is 5.35. The predicted octanol–water partition coefficient (Wildman–Crippen LogP) is 0.700. The Morgan fingerprint density at radius 1 is 1.25 bits per heavy atom. The molecule has 1 aliphatic heterocycles. The van der Waals surface area contributed by atoms with Crippen molar-refractivity contribution in [2.45, 2.75) is 25.8 Å². The van der Waals surface area contributed by atoms with Crippen molar-refractivity contribution < 1.29 is 20.4 Å². The van der Waals surface area contributed by atoms with Gasteiger partial charge in [0, 0.05) is 12.5 Å². The lowest BCUT2D eigenvalue weighted by Crippen LogP contribution is -2.45. The summed E-state index contributed by atoms with van der Waals surface area (Å²) in [6.07, 6.45) is -0.121. The highest BCUT2D eigenvalue weighted by Crippen LogP contribution is 2.30.